The van der Waals surface area contributed by atoms with Gasteiger partial charge in [0, 0.05) is 43.0 Å². The van der Waals surface area contributed by atoms with Crippen LogP contribution < -0.4 is 5.32 Å². The SMILES string of the molecule is CC(C)C(=O)c1ccc2c(c1)CCN(CCC1CCC(NC(=O)c3cnccn3)CC1)CC2. The largest absolute Gasteiger partial charge is 0.348 e. The third kappa shape index (κ3) is 6.26. The number of rotatable bonds is 7. The minimum Gasteiger partial charge on any atom is -0.348 e. The van der Waals surface area contributed by atoms with Crippen LogP contribution in [0.1, 0.15) is 77.9 Å². The van der Waals surface area contributed by atoms with E-state index in [0.29, 0.717) is 5.69 Å². The zero-order valence-electron chi connectivity index (χ0n) is 19.9. The second kappa shape index (κ2) is 11.0. The average Bonchev–Trinajstić information content (AvgIpc) is 3.05. The molecule has 0 saturated heterocycles. The normalized spacial score (nSPS) is 21.3. The molecule has 0 bridgehead atoms. The Labute approximate surface area is 197 Å². The Morgan fingerprint density at radius 1 is 1.06 bits per heavy atom. The molecule has 1 aliphatic carbocycles. The summed E-state index contributed by atoms with van der Waals surface area (Å²) in [6.45, 7) is 7.22. The van der Waals surface area contributed by atoms with E-state index >= 15 is 0 Å². The van der Waals surface area contributed by atoms with Crippen molar-refractivity contribution in [1.29, 1.82) is 0 Å². The number of ketones is 1. The molecular weight excluding hydrogens is 412 g/mol. The molecule has 4 rings (SSSR count). The number of Topliss-reactive ketones (excluding diaryl/α,β-unsaturated/α-hetero) is 1. The van der Waals surface area contributed by atoms with Gasteiger partial charge in [-0.05, 0) is 74.6 Å². The van der Waals surface area contributed by atoms with Crippen LogP contribution in [0.4, 0.5) is 0 Å². The number of carbonyl (C=O) groups is 2. The van der Waals surface area contributed by atoms with Crippen LogP contribution in [0.5, 0.6) is 0 Å². The van der Waals surface area contributed by atoms with Gasteiger partial charge >= 0.3 is 0 Å². The van der Waals surface area contributed by atoms with Crippen molar-refractivity contribution in [3.8, 4) is 0 Å². The number of nitrogens with zero attached hydrogens (tertiary/aromatic N) is 3. The van der Waals surface area contributed by atoms with E-state index in [1.165, 1.54) is 36.6 Å². The maximum Gasteiger partial charge on any atom is 0.271 e. The fourth-order valence-electron chi connectivity index (χ4n) is 5.12. The first-order valence-corrected chi connectivity index (χ1v) is 12.4. The van der Waals surface area contributed by atoms with Crippen molar-refractivity contribution in [3.05, 3.63) is 59.2 Å². The van der Waals surface area contributed by atoms with E-state index in [-0.39, 0.29) is 23.7 Å². The fourth-order valence-corrected chi connectivity index (χ4v) is 5.12. The van der Waals surface area contributed by atoms with Gasteiger partial charge in [-0.1, -0.05) is 26.0 Å². The van der Waals surface area contributed by atoms with E-state index in [0.717, 1.165) is 56.8 Å². The number of amides is 1. The number of aromatic nitrogens is 2. The quantitative estimate of drug-likeness (QED) is 0.646. The summed E-state index contributed by atoms with van der Waals surface area (Å²) in [6.07, 6.45) is 12.4. The van der Waals surface area contributed by atoms with Gasteiger partial charge < -0.3 is 10.2 Å². The lowest BCUT2D eigenvalue weighted by Gasteiger charge is -2.30. The molecule has 1 fully saturated rings. The molecule has 1 aromatic heterocycles. The molecule has 33 heavy (non-hydrogen) atoms. The van der Waals surface area contributed by atoms with Crippen LogP contribution in [0.15, 0.2) is 36.8 Å². The van der Waals surface area contributed by atoms with Gasteiger partial charge in [-0.15, -0.1) is 0 Å². The Hall–Kier alpha value is -2.60. The number of hydrogen-bond donors (Lipinski definition) is 1. The molecule has 1 aromatic carbocycles. The highest BCUT2D eigenvalue weighted by molar-refractivity contribution is 5.97. The van der Waals surface area contributed by atoms with E-state index in [1.54, 1.807) is 12.4 Å². The maximum absolute atomic E-state index is 12.4. The van der Waals surface area contributed by atoms with Gasteiger partial charge in [0.15, 0.2) is 5.78 Å². The van der Waals surface area contributed by atoms with Crippen molar-refractivity contribution in [2.45, 2.75) is 64.8 Å². The van der Waals surface area contributed by atoms with E-state index in [4.69, 9.17) is 0 Å². The highest BCUT2D eigenvalue weighted by atomic mass is 16.2. The van der Waals surface area contributed by atoms with E-state index < -0.39 is 0 Å². The van der Waals surface area contributed by atoms with Gasteiger partial charge in [0.1, 0.15) is 5.69 Å². The topological polar surface area (TPSA) is 75.2 Å². The standard InChI is InChI=1S/C27H36N4O2/c1-19(2)26(32)23-6-5-21-10-15-31(16-11-22(21)17-23)14-9-20-3-7-24(8-4-20)30-27(33)25-18-28-12-13-29-25/h5-6,12-13,17-20,24H,3-4,7-11,14-16H2,1-2H3,(H,30,33). The third-order valence-electron chi connectivity index (χ3n) is 7.24. The van der Waals surface area contributed by atoms with Gasteiger partial charge in [0.05, 0.1) is 6.20 Å². The summed E-state index contributed by atoms with van der Waals surface area (Å²) in [5, 5.41) is 3.12. The Balaban J connectivity index is 1.20. The molecule has 0 unspecified atom stereocenters. The molecule has 0 atom stereocenters. The molecule has 1 amide bonds. The lowest BCUT2D eigenvalue weighted by molar-refractivity contribution is 0.0912. The van der Waals surface area contributed by atoms with Crippen LogP contribution in [-0.2, 0) is 12.8 Å². The zero-order valence-corrected chi connectivity index (χ0v) is 19.9. The summed E-state index contributed by atoms with van der Waals surface area (Å²) >= 11 is 0. The van der Waals surface area contributed by atoms with Crippen molar-refractivity contribution < 1.29 is 9.59 Å². The molecule has 176 valence electrons. The van der Waals surface area contributed by atoms with E-state index in [1.807, 2.05) is 19.9 Å². The summed E-state index contributed by atoms with van der Waals surface area (Å²) in [6, 6.07) is 6.56. The van der Waals surface area contributed by atoms with Crippen molar-refractivity contribution >= 4 is 11.7 Å². The van der Waals surface area contributed by atoms with Gasteiger partial charge in [0.25, 0.3) is 5.91 Å². The lowest BCUT2D eigenvalue weighted by atomic mass is 9.84. The van der Waals surface area contributed by atoms with Crippen molar-refractivity contribution in [3.63, 3.8) is 0 Å². The Kier molecular flexibility index (Phi) is 7.86. The highest BCUT2D eigenvalue weighted by Crippen LogP contribution is 2.28. The maximum atomic E-state index is 12.4. The average molecular weight is 449 g/mol. The minimum absolute atomic E-state index is 0.0424. The monoisotopic (exact) mass is 448 g/mol. The zero-order chi connectivity index (χ0) is 23.2. The highest BCUT2D eigenvalue weighted by Gasteiger charge is 2.24. The number of fused-ring (bicyclic) bond motifs is 1. The number of benzene rings is 1. The molecule has 0 radical (unpaired) electrons. The van der Waals surface area contributed by atoms with Crippen LogP contribution >= 0.6 is 0 Å². The summed E-state index contributed by atoms with van der Waals surface area (Å²) in [5.41, 5.74) is 4.00. The second-order valence-electron chi connectivity index (χ2n) is 9.91. The second-order valence-corrected chi connectivity index (χ2v) is 9.91. The fraction of sp³-hybridized carbons (Fsp3) is 0.556. The molecule has 2 aromatic rings. The molecule has 1 aliphatic heterocycles. The van der Waals surface area contributed by atoms with Crippen LogP contribution in [0.2, 0.25) is 0 Å². The molecular formula is C27H36N4O2. The molecule has 2 heterocycles. The van der Waals surface area contributed by atoms with E-state index in [2.05, 4.69) is 32.3 Å². The van der Waals surface area contributed by atoms with Crippen LogP contribution in [0.25, 0.3) is 0 Å². The first-order chi connectivity index (χ1) is 16.0. The Morgan fingerprint density at radius 3 is 2.52 bits per heavy atom. The Morgan fingerprint density at radius 2 is 1.82 bits per heavy atom. The van der Waals surface area contributed by atoms with Crippen molar-refractivity contribution in [2.24, 2.45) is 11.8 Å². The predicted octanol–water partition coefficient (Wildman–Crippen LogP) is 4.09. The smallest absolute Gasteiger partial charge is 0.271 e. The predicted molar refractivity (Wildman–Crippen MR) is 129 cm³/mol. The molecule has 1 N–H and O–H groups in total. The van der Waals surface area contributed by atoms with Crippen LogP contribution in [-0.4, -0.2) is 52.2 Å². The Bertz CT molecular complexity index is 952. The summed E-state index contributed by atoms with van der Waals surface area (Å²) in [4.78, 5) is 35.3. The lowest BCUT2D eigenvalue weighted by Crippen LogP contribution is -2.38. The molecule has 2 aliphatic rings. The summed E-state index contributed by atoms with van der Waals surface area (Å²) < 4.78 is 0. The van der Waals surface area contributed by atoms with Gasteiger partial charge in [-0.2, -0.15) is 0 Å². The number of hydrogen-bond acceptors (Lipinski definition) is 5. The first-order valence-electron chi connectivity index (χ1n) is 12.4. The molecule has 6 nitrogen and oxygen atoms in total. The van der Waals surface area contributed by atoms with Crippen LogP contribution in [0, 0.1) is 11.8 Å². The van der Waals surface area contributed by atoms with Gasteiger partial charge in [-0.25, -0.2) is 4.98 Å². The third-order valence-corrected chi connectivity index (χ3v) is 7.24. The number of nitrogens with one attached hydrogen (secondary N) is 1. The van der Waals surface area contributed by atoms with Gasteiger partial charge in [-0.3, -0.25) is 14.6 Å². The summed E-state index contributed by atoms with van der Waals surface area (Å²) in [5.74, 6) is 0.896. The first kappa shape index (κ1) is 23.6. The summed E-state index contributed by atoms with van der Waals surface area (Å²) in [7, 11) is 0. The minimum atomic E-state index is -0.117. The van der Waals surface area contributed by atoms with Crippen LogP contribution in [0.3, 0.4) is 0 Å². The molecule has 6 heteroatoms. The van der Waals surface area contributed by atoms with Crippen molar-refractivity contribution in [2.75, 3.05) is 19.6 Å². The van der Waals surface area contributed by atoms with Gasteiger partial charge in [0.2, 0.25) is 0 Å². The number of carbonyl (C=O) groups excluding carboxylic acids is 2. The molecule has 1 saturated carbocycles. The van der Waals surface area contributed by atoms with Crippen molar-refractivity contribution in [1.82, 2.24) is 20.2 Å². The van der Waals surface area contributed by atoms with E-state index in [9.17, 15) is 9.59 Å². The molecule has 0 spiro atoms.